The van der Waals surface area contributed by atoms with Crippen molar-refractivity contribution in [2.75, 3.05) is 7.11 Å². The first-order valence-corrected chi connectivity index (χ1v) is 7.34. The molecule has 3 nitrogen and oxygen atoms in total. The first-order valence-electron chi connectivity index (χ1n) is 6.53. The highest BCUT2D eigenvalue weighted by molar-refractivity contribution is 7.99. The third-order valence-corrected chi connectivity index (χ3v) is 4.46. The Balaban J connectivity index is 2.14. The van der Waals surface area contributed by atoms with Crippen molar-refractivity contribution in [3.63, 3.8) is 0 Å². The maximum atomic E-state index is 11.8. The van der Waals surface area contributed by atoms with Gasteiger partial charge in [0.1, 0.15) is 11.3 Å². The van der Waals surface area contributed by atoms with E-state index in [1.807, 2.05) is 30.3 Å². The highest BCUT2D eigenvalue weighted by Crippen LogP contribution is 2.35. The normalized spacial score (nSPS) is 10.8. The van der Waals surface area contributed by atoms with E-state index in [1.165, 1.54) is 11.6 Å². The van der Waals surface area contributed by atoms with Crippen LogP contribution in [-0.2, 0) is 0 Å². The Morgan fingerprint density at radius 3 is 2.62 bits per heavy atom. The second-order valence-electron chi connectivity index (χ2n) is 4.66. The summed E-state index contributed by atoms with van der Waals surface area (Å²) in [4.78, 5) is 13.8. The van der Waals surface area contributed by atoms with E-state index < -0.39 is 0 Å². The van der Waals surface area contributed by atoms with Crippen LogP contribution in [0, 0.1) is 6.92 Å². The van der Waals surface area contributed by atoms with Gasteiger partial charge in [-0.2, -0.15) is 0 Å². The lowest BCUT2D eigenvalue weighted by Gasteiger charge is -2.08. The largest absolute Gasteiger partial charge is 0.497 e. The van der Waals surface area contributed by atoms with Gasteiger partial charge in [0, 0.05) is 27.3 Å². The quantitative estimate of drug-likeness (QED) is 0.677. The smallest absolute Gasteiger partial charge is 0.337 e. The van der Waals surface area contributed by atoms with Crippen LogP contribution in [0.2, 0.25) is 0 Å². The number of benzene rings is 2. The fourth-order valence-electron chi connectivity index (χ4n) is 2.11. The fraction of sp³-hybridized carbons (Fsp3) is 0.118. The Morgan fingerprint density at radius 2 is 1.86 bits per heavy atom. The summed E-state index contributed by atoms with van der Waals surface area (Å²) in [6, 6.07) is 15.1. The van der Waals surface area contributed by atoms with Crippen molar-refractivity contribution in [2.45, 2.75) is 16.7 Å². The van der Waals surface area contributed by atoms with Gasteiger partial charge in [-0.1, -0.05) is 30.0 Å². The highest BCUT2D eigenvalue weighted by atomic mass is 32.2. The molecule has 3 aromatic rings. The minimum absolute atomic E-state index is 0.355. The van der Waals surface area contributed by atoms with Crippen molar-refractivity contribution in [3.05, 3.63) is 64.5 Å². The molecule has 2 aromatic carbocycles. The number of rotatable bonds is 3. The molecular formula is C17H14O3S. The molecule has 0 saturated heterocycles. The molecule has 0 aliphatic rings. The molecule has 0 spiro atoms. The number of fused-ring (bicyclic) bond motifs is 1. The molecule has 0 amide bonds. The van der Waals surface area contributed by atoms with Crippen LogP contribution < -0.4 is 10.4 Å². The van der Waals surface area contributed by atoms with Gasteiger partial charge < -0.3 is 9.15 Å². The van der Waals surface area contributed by atoms with Crippen molar-refractivity contribution in [2.24, 2.45) is 0 Å². The van der Waals surface area contributed by atoms with Gasteiger partial charge in [-0.3, -0.25) is 0 Å². The lowest BCUT2D eigenvalue weighted by atomic mass is 10.2. The van der Waals surface area contributed by atoms with Crippen LogP contribution in [0.4, 0.5) is 0 Å². The average molecular weight is 298 g/mol. The SMILES string of the molecule is COc1ccc2c(Sc3ccccc3C)cc(=O)oc2c1. The standard InChI is InChI=1S/C17H14O3S/c1-11-5-3-4-6-15(11)21-16-10-17(18)20-14-9-12(19-2)7-8-13(14)16/h3-10H,1-2H3. The number of hydrogen-bond donors (Lipinski definition) is 0. The van der Waals surface area contributed by atoms with Gasteiger partial charge in [-0.05, 0) is 30.7 Å². The second-order valence-corrected chi connectivity index (χ2v) is 5.74. The van der Waals surface area contributed by atoms with E-state index in [2.05, 4.69) is 13.0 Å². The predicted octanol–water partition coefficient (Wildman–Crippen LogP) is 4.26. The lowest BCUT2D eigenvalue weighted by molar-refractivity contribution is 0.414. The summed E-state index contributed by atoms with van der Waals surface area (Å²) in [6.45, 7) is 2.05. The van der Waals surface area contributed by atoms with E-state index in [4.69, 9.17) is 9.15 Å². The zero-order valence-electron chi connectivity index (χ0n) is 11.8. The van der Waals surface area contributed by atoms with E-state index in [1.54, 1.807) is 24.9 Å². The van der Waals surface area contributed by atoms with Gasteiger partial charge in [0.05, 0.1) is 7.11 Å². The third kappa shape index (κ3) is 2.81. The van der Waals surface area contributed by atoms with Crippen LogP contribution in [-0.4, -0.2) is 7.11 Å². The molecule has 0 fully saturated rings. The summed E-state index contributed by atoms with van der Waals surface area (Å²) in [6.07, 6.45) is 0. The molecule has 4 heteroatoms. The molecular weight excluding hydrogens is 284 g/mol. The van der Waals surface area contributed by atoms with E-state index in [0.29, 0.717) is 11.3 Å². The van der Waals surface area contributed by atoms with E-state index >= 15 is 0 Å². The second kappa shape index (κ2) is 5.66. The number of hydrogen-bond acceptors (Lipinski definition) is 4. The molecule has 0 radical (unpaired) electrons. The van der Waals surface area contributed by atoms with Crippen molar-refractivity contribution in [1.29, 1.82) is 0 Å². The number of ether oxygens (including phenoxy) is 1. The van der Waals surface area contributed by atoms with Crippen LogP contribution in [0.3, 0.4) is 0 Å². The van der Waals surface area contributed by atoms with Crippen molar-refractivity contribution in [3.8, 4) is 5.75 Å². The summed E-state index contributed by atoms with van der Waals surface area (Å²) in [5.41, 5.74) is 1.36. The van der Waals surface area contributed by atoms with Crippen LogP contribution in [0.1, 0.15) is 5.56 Å². The molecule has 0 bridgehead atoms. The summed E-state index contributed by atoms with van der Waals surface area (Å²) < 4.78 is 10.4. The monoisotopic (exact) mass is 298 g/mol. The molecule has 3 rings (SSSR count). The molecule has 0 aliphatic carbocycles. The van der Waals surface area contributed by atoms with E-state index in [0.717, 1.165) is 15.2 Å². The molecule has 0 saturated carbocycles. The van der Waals surface area contributed by atoms with Crippen LogP contribution >= 0.6 is 11.8 Å². The van der Waals surface area contributed by atoms with Crippen LogP contribution in [0.5, 0.6) is 5.75 Å². The summed E-state index contributed by atoms with van der Waals surface area (Å²) in [5, 5.41) is 0.906. The fourth-order valence-corrected chi connectivity index (χ4v) is 3.16. The minimum atomic E-state index is -0.355. The lowest BCUT2D eigenvalue weighted by Crippen LogP contribution is -1.97. The maximum absolute atomic E-state index is 11.8. The molecule has 21 heavy (non-hydrogen) atoms. The Hall–Kier alpha value is -2.20. The third-order valence-electron chi connectivity index (χ3n) is 3.23. The predicted molar refractivity (Wildman–Crippen MR) is 84.3 cm³/mol. The maximum Gasteiger partial charge on any atom is 0.337 e. The average Bonchev–Trinajstić information content (AvgIpc) is 2.48. The Bertz CT molecular complexity index is 852. The van der Waals surface area contributed by atoms with Crippen molar-refractivity contribution in [1.82, 2.24) is 0 Å². The Morgan fingerprint density at radius 1 is 1.05 bits per heavy atom. The van der Waals surface area contributed by atoms with Gasteiger partial charge in [-0.15, -0.1) is 0 Å². The van der Waals surface area contributed by atoms with Crippen LogP contribution in [0.15, 0.2) is 67.5 Å². The van der Waals surface area contributed by atoms with Gasteiger partial charge in [0.25, 0.3) is 0 Å². The van der Waals surface area contributed by atoms with Crippen molar-refractivity contribution >= 4 is 22.7 Å². The Kier molecular flexibility index (Phi) is 3.71. The highest BCUT2D eigenvalue weighted by Gasteiger charge is 2.09. The number of aryl methyl sites for hydroxylation is 1. The minimum Gasteiger partial charge on any atom is -0.497 e. The summed E-state index contributed by atoms with van der Waals surface area (Å²) in [7, 11) is 1.59. The zero-order chi connectivity index (χ0) is 14.8. The topological polar surface area (TPSA) is 39.4 Å². The number of methoxy groups -OCH3 is 1. The van der Waals surface area contributed by atoms with Crippen LogP contribution in [0.25, 0.3) is 11.0 Å². The molecule has 0 N–H and O–H groups in total. The van der Waals surface area contributed by atoms with Crippen molar-refractivity contribution < 1.29 is 9.15 Å². The molecule has 0 unspecified atom stereocenters. The van der Waals surface area contributed by atoms with E-state index in [-0.39, 0.29) is 5.63 Å². The zero-order valence-corrected chi connectivity index (χ0v) is 12.6. The van der Waals surface area contributed by atoms with Gasteiger partial charge in [0.15, 0.2) is 0 Å². The first kappa shape index (κ1) is 13.8. The molecule has 1 aromatic heterocycles. The summed E-state index contributed by atoms with van der Waals surface area (Å²) >= 11 is 1.57. The Labute approximate surface area is 126 Å². The molecule has 0 aliphatic heterocycles. The molecule has 0 atom stereocenters. The summed E-state index contributed by atoms with van der Waals surface area (Å²) in [5.74, 6) is 0.670. The first-order chi connectivity index (χ1) is 10.2. The van der Waals surface area contributed by atoms with Gasteiger partial charge >= 0.3 is 5.63 Å². The van der Waals surface area contributed by atoms with Gasteiger partial charge in [-0.25, -0.2) is 4.79 Å². The van der Waals surface area contributed by atoms with E-state index in [9.17, 15) is 4.79 Å². The molecule has 106 valence electrons. The van der Waals surface area contributed by atoms with Gasteiger partial charge in [0.2, 0.25) is 0 Å². The molecule has 1 heterocycles.